The van der Waals surface area contributed by atoms with Crippen molar-refractivity contribution in [3.05, 3.63) is 48.3 Å². The summed E-state index contributed by atoms with van der Waals surface area (Å²) in [6.45, 7) is 4.25. The first kappa shape index (κ1) is 21.9. The number of benzene rings is 1. The predicted octanol–water partition coefficient (Wildman–Crippen LogP) is 1.25. The summed E-state index contributed by atoms with van der Waals surface area (Å²) >= 11 is 0. The van der Waals surface area contributed by atoms with Gasteiger partial charge in [0.2, 0.25) is 10.0 Å². The molecule has 0 saturated heterocycles. The fourth-order valence-corrected chi connectivity index (χ4v) is 3.73. The van der Waals surface area contributed by atoms with Gasteiger partial charge >= 0.3 is 0 Å². The van der Waals surface area contributed by atoms with Gasteiger partial charge in [-0.2, -0.15) is 5.10 Å². The first-order valence-electron chi connectivity index (χ1n) is 9.42. The Balaban J connectivity index is 1.69. The third kappa shape index (κ3) is 6.97. The fourth-order valence-electron chi connectivity index (χ4n) is 2.80. The molecule has 154 valence electrons. The molecule has 8 nitrogen and oxygen atoms in total. The summed E-state index contributed by atoms with van der Waals surface area (Å²) in [6, 6.07) is 10.2. The summed E-state index contributed by atoms with van der Waals surface area (Å²) in [6.07, 6.45) is 6.51. The predicted molar refractivity (Wildman–Crippen MR) is 113 cm³/mol. The number of nitrogens with zero attached hydrogens (tertiary/aromatic N) is 4. The second kappa shape index (κ2) is 10.8. The van der Waals surface area contributed by atoms with E-state index >= 15 is 0 Å². The van der Waals surface area contributed by atoms with Gasteiger partial charge in [-0.15, -0.1) is 0 Å². The van der Waals surface area contributed by atoms with Crippen molar-refractivity contribution in [1.29, 1.82) is 0 Å². The largest absolute Gasteiger partial charge is 0.356 e. The Kier molecular flexibility index (Phi) is 8.46. The van der Waals surface area contributed by atoms with Crippen molar-refractivity contribution in [2.75, 3.05) is 39.5 Å². The molecule has 1 aromatic carbocycles. The number of hydrogen-bond acceptors (Lipinski definition) is 4. The Morgan fingerprint density at radius 2 is 1.93 bits per heavy atom. The molecule has 2 N–H and O–H groups in total. The van der Waals surface area contributed by atoms with Gasteiger partial charge in [0, 0.05) is 45.6 Å². The lowest BCUT2D eigenvalue weighted by molar-refractivity contribution is 0.424. The molecule has 0 amide bonds. The van der Waals surface area contributed by atoms with Crippen LogP contribution in [0, 0.1) is 0 Å². The molecular weight excluding hydrogens is 376 g/mol. The van der Waals surface area contributed by atoms with Gasteiger partial charge in [-0.05, 0) is 36.6 Å². The molecule has 0 unspecified atom stereocenters. The van der Waals surface area contributed by atoms with Crippen molar-refractivity contribution < 1.29 is 8.42 Å². The van der Waals surface area contributed by atoms with E-state index in [-0.39, 0.29) is 0 Å². The van der Waals surface area contributed by atoms with Crippen LogP contribution in [0.15, 0.2) is 47.7 Å². The van der Waals surface area contributed by atoms with Crippen LogP contribution < -0.4 is 10.6 Å². The highest BCUT2D eigenvalue weighted by molar-refractivity contribution is 7.88. The molecule has 0 saturated carbocycles. The Labute approximate surface area is 167 Å². The van der Waals surface area contributed by atoms with Crippen molar-refractivity contribution in [3.63, 3.8) is 0 Å². The van der Waals surface area contributed by atoms with Gasteiger partial charge in [0.15, 0.2) is 5.96 Å². The number of hydrogen-bond donors (Lipinski definition) is 2. The maximum Gasteiger partial charge on any atom is 0.211 e. The molecule has 0 radical (unpaired) electrons. The van der Waals surface area contributed by atoms with Gasteiger partial charge in [0.05, 0.1) is 11.9 Å². The van der Waals surface area contributed by atoms with Crippen LogP contribution in [0.3, 0.4) is 0 Å². The van der Waals surface area contributed by atoms with Crippen LogP contribution >= 0.6 is 0 Å². The van der Waals surface area contributed by atoms with Gasteiger partial charge in [0.25, 0.3) is 0 Å². The lowest BCUT2D eigenvalue weighted by Crippen LogP contribution is -2.40. The van der Waals surface area contributed by atoms with Crippen LogP contribution in [0.4, 0.5) is 0 Å². The van der Waals surface area contributed by atoms with E-state index in [4.69, 9.17) is 0 Å². The molecular formula is C19H30N6O2S. The van der Waals surface area contributed by atoms with Crippen molar-refractivity contribution in [2.45, 2.75) is 19.8 Å². The summed E-state index contributed by atoms with van der Waals surface area (Å²) in [5.41, 5.74) is 2.26. The van der Waals surface area contributed by atoms with E-state index in [1.165, 1.54) is 16.1 Å². The minimum absolute atomic E-state index is 0.491. The second-order valence-corrected chi connectivity index (χ2v) is 8.38. The van der Waals surface area contributed by atoms with E-state index in [0.717, 1.165) is 31.0 Å². The quantitative estimate of drug-likeness (QED) is 0.352. The van der Waals surface area contributed by atoms with Crippen LogP contribution in [0.2, 0.25) is 0 Å². The second-order valence-electron chi connectivity index (χ2n) is 6.40. The van der Waals surface area contributed by atoms with E-state index in [9.17, 15) is 8.42 Å². The van der Waals surface area contributed by atoms with Crippen LogP contribution in [0.25, 0.3) is 5.69 Å². The molecule has 2 aromatic rings. The molecule has 9 heteroatoms. The van der Waals surface area contributed by atoms with Crippen molar-refractivity contribution in [1.82, 2.24) is 24.7 Å². The maximum atomic E-state index is 11.6. The zero-order valence-electron chi connectivity index (χ0n) is 16.8. The molecule has 0 spiro atoms. The summed E-state index contributed by atoms with van der Waals surface area (Å²) in [7, 11) is -1.40. The van der Waals surface area contributed by atoms with Crippen molar-refractivity contribution >= 4 is 16.0 Å². The average molecular weight is 407 g/mol. The highest BCUT2D eigenvalue weighted by Gasteiger charge is 2.13. The normalized spacial score (nSPS) is 12.4. The van der Waals surface area contributed by atoms with Crippen LogP contribution in [-0.2, 0) is 16.4 Å². The molecule has 28 heavy (non-hydrogen) atoms. The zero-order valence-corrected chi connectivity index (χ0v) is 17.6. The Bertz CT molecular complexity index is 832. The van der Waals surface area contributed by atoms with Crippen molar-refractivity contribution in [2.24, 2.45) is 4.99 Å². The van der Waals surface area contributed by atoms with Crippen LogP contribution in [0.1, 0.15) is 18.9 Å². The number of guanidine groups is 1. The molecule has 1 heterocycles. The fraction of sp³-hybridized carbons (Fsp3) is 0.474. The summed E-state index contributed by atoms with van der Waals surface area (Å²) < 4.78 is 26.5. The minimum atomic E-state index is -3.13. The topological polar surface area (TPSA) is 91.6 Å². The Hall–Kier alpha value is -2.39. The standard InChI is InChI=1S/C19H30N6O2S/c1-4-24(28(3,26)27)15-5-12-21-19(20-2)22-14-11-17-7-9-18(10-8-17)25-16-6-13-23-25/h6-10,13,16H,4-5,11-12,14-15H2,1-3H3,(H2,20,21,22). The van der Waals surface area contributed by atoms with E-state index in [1.54, 1.807) is 13.2 Å². The Morgan fingerprint density at radius 3 is 2.50 bits per heavy atom. The first-order chi connectivity index (χ1) is 13.4. The molecule has 0 fully saturated rings. The third-order valence-corrected chi connectivity index (χ3v) is 5.71. The number of aliphatic imine (C=N–C) groups is 1. The molecule has 0 bridgehead atoms. The number of aromatic nitrogens is 2. The highest BCUT2D eigenvalue weighted by Crippen LogP contribution is 2.08. The van der Waals surface area contributed by atoms with Crippen molar-refractivity contribution in [3.8, 4) is 5.69 Å². The Morgan fingerprint density at radius 1 is 1.21 bits per heavy atom. The SMILES string of the molecule is CCN(CCCNC(=NC)NCCc1ccc(-n2cccn2)cc1)S(C)(=O)=O. The first-order valence-corrected chi connectivity index (χ1v) is 11.3. The average Bonchev–Trinajstić information content (AvgIpc) is 3.20. The zero-order chi connectivity index (χ0) is 20.4. The van der Waals surface area contributed by atoms with Gasteiger partial charge < -0.3 is 10.6 Å². The van der Waals surface area contributed by atoms with Crippen LogP contribution in [0.5, 0.6) is 0 Å². The van der Waals surface area contributed by atoms with Crippen LogP contribution in [-0.4, -0.2) is 67.9 Å². The highest BCUT2D eigenvalue weighted by atomic mass is 32.2. The molecule has 0 aliphatic carbocycles. The van der Waals surface area contributed by atoms with E-state index in [1.807, 2.05) is 23.9 Å². The van der Waals surface area contributed by atoms with E-state index < -0.39 is 10.0 Å². The summed E-state index contributed by atoms with van der Waals surface area (Å²) in [5.74, 6) is 0.718. The minimum Gasteiger partial charge on any atom is -0.356 e. The lowest BCUT2D eigenvalue weighted by atomic mass is 10.1. The number of nitrogens with one attached hydrogen (secondary N) is 2. The third-order valence-electron chi connectivity index (χ3n) is 4.33. The maximum absolute atomic E-state index is 11.6. The summed E-state index contributed by atoms with van der Waals surface area (Å²) in [5, 5.41) is 10.7. The molecule has 0 aliphatic rings. The van der Waals surface area contributed by atoms with Gasteiger partial charge in [-0.3, -0.25) is 4.99 Å². The van der Waals surface area contributed by atoms with Gasteiger partial charge in [-0.1, -0.05) is 19.1 Å². The number of rotatable bonds is 10. The molecule has 0 atom stereocenters. The molecule has 1 aromatic heterocycles. The summed E-state index contributed by atoms with van der Waals surface area (Å²) in [4.78, 5) is 4.20. The lowest BCUT2D eigenvalue weighted by Gasteiger charge is -2.18. The van der Waals surface area contributed by atoms with E-state index in [2.05, 4.69) is 45.0 Å². The van der Waals surface area contributed by atoms with Gasteiger partial charge in [0.1, 0.15) is 0 Å². The number of sulfonamides is 1. The van der Waals surface area contributed by atoms with E-state index in [0.29, 0.717) is 19.6 Å². The smallest absolute Gasteiger partial charge is 0.211 e. The molecule has 0 aliphatic heterocycles. The monoisotopic (exact) mass is 406 g/mol. The molecule has 2 rings (SSSR count). The van der Waals surface area contributed by atoms with Gasteiger partial charge in [-0.25, -0.2) is 17.4 Å².